The molecule has 0 saturated heterocycles. The highest BCUT2D eigenvalue weighted by Gasteiger charge is 2.09. The van der Waals surface area contributed by atoms with Crippen molar-refractivity contribution in [2.45, 2.75) is 26.2 Å². The third-order valence-electron chi connectivity index (χ3n) is 3.00. The summed E-state index contributed by atoms with van der Waals surface area (Å²) in [6.07, 6.45) is 4.19. The average molecular weight is 245 g/mol. The van der Waals surface area contributed by atoms with Crippen LogP contribution in [0.5, 0.6) is 11.5 Å². The number of halogens is 1. The number of ether oxygens (including phenoxy) is 1. The number of pyridine rings is 1. The van der Waals surface area contributed by atoms with Crippen molar-refractivity contribution in [3.05, 3.63) is 54.1 Å². The van der Waals surface area contributed by atoms with Crippen LogP contribution in [0.4, 0.5) is 4.39 Å². The Hall–Kier alpha value is -1.90. The van der Waals surface area contributed by atoms with Crippen LogP contribution >= 0.6 is 0 Å². The summed E-state index contributed by atoms with van der Waals surface area (Å²) in [6, 6.07) is 8.61. The minimum absolute atomic E-state index is 0.232. The van der Waals surface area contributed by atoms with Gasteiger partial charge in [-0.15, -0.1) is 0 Å². The zero-order chi connectivity index (χ0) is 13.0. The van der Waals surface area contributed by atoms with E-state index in [1.54, 1.807) is 36.7 Å². The van der Waals surface area contributed by atoms with Gasteiger partial charge >= 0.3 is 0 Å². The summed E-state index contributed by atoms with van der Waals surface area (Å²) in [7, 11) is 0. The van der Waals surface area contributed by atoms with E-state index in [1.807, 2.05) is 6.07 Å². The highest BCUT2D eigenvalue weighted by Crippen LogP contribution is 2.27. The van der Waals surface area contributed by atoms with Gasteiger partial charge in [-0.25, -0.2) is 4.39 Å². The van der Waals surface area contributed by atoms with Gasteiger partial charge < -0.3 is 4.74 Å². The van der Waals surface area contributed by atoms with Crippen LogP contribution in [0.2, 0.25) is 0 Å². The molecule has 2 rings (SSSR count). The van der Waals surface area contributed by atoms with E-state index in [4.69, 9.17) is 4.74 Å². The molecule has 0 bridgehead atoms. The average Bonchev–Trinajstić information content (AvgIpc) is 2.41. The Kier molecular flexibility index (Phi) is 3.92. The first-order valence-corrected chi connectivity index (χ1v) is 6.08. The molecule has 1 atom stereocenters. The number of benzene rings is 1. The molecule has 0 radical (unpaired) electrons. The predicted molar refractivity (Wildman–Crippen MR) is 69.4 cm³/mol. The third kappa shape index (κ3) is 2.86. The molecule has 1 aromatic heterocycles. The van der Waals surface area contributed by atoms with E-state index in [0.717, 1.165) is 12.0 Å². The molecular formula is C15H16FNO. The molecule has 94 valence electrons. The molecule has 0 aliphatic rings. The summed E-state index contributed by atoms with van der Waals surface area (Å²) < 4.78 is 19.3. The Balaban J connectivity index is 2.20. The molecule has 2 nitrogen and oxygen atoms in total. The lowest BCUT2D eigenvalue weighted by Crippen LogP contribution is -1.95. The smallest absolute Gasteiger partial charge is 0.166 e. The molecular weight excluding hydrogens is 229 g/mol. The molecule has 0 aliphatic carbocycles. The summed E-state index contributed by atoms with van der Waals surface area (Å²) in [5, 5.41) is 0. The van der Waals surface area contributed by atoms with Crippen LogP contribution in [0.1, 0.15) is 31.7 Å². The Labute approximate surface area is 106 Å². The number of nitrogens with zero attached hydrogens (tertiary/aromatic N) is 1. The second-order valence-corrected chi connectivity index (χ2v) is 4.29. The maximum Gasteiger partial charge on any atom is 0.166 e. The first-order chi connectivity index (χ1) is 8.70. The van der Waals surface area contributed by atoms with Gasteiger partial charge in [0.2, 0.25) is 0 Å². The minimum Gasteiger partial charge on any atom is -0.453 e. The van der Waals surface area contributed by atoms with E-state index in [2.05, 4.69) is 18.8 Å². The Morgan fingerprint density at radius 2 is 2.17 bits per heavy atom. The predicted octanol–water partition coefficient (Wildman–Crippen LogP) is 4.53. The SMILES string of the molecule is CCC(C)c1ccc(Oc2cccnc2)c(F)c1. The van der Waals surface area contributed by atoms with Crippen LogP contribution in [-0.2, 0) is 0 Å². The van der Waals surface area contributed by atoms with Crippen LogP contribution < -0.4 is 4.74 Å². The quantitative estimate of drug-likeness (QED) is 0.789. The molecule has 1 unspecified atom stereocenters. The summed E-state index contributed by atoms with van der Waals surface area (Å²) in [5.41, 5.74) is 0.994. The number of aromatic nitrogens is 1. The Bertz CT molecular complexity index is 513. The van der Waals surface area contributed by atoms with Crippen molar-refractivity contribution in [1.82, 2.24) is 4.98 Å². The molecule has 0 amide bonds. The van der Waals surface area contributed by atoms with E-state index in [9.17, 15) is 4.39 Å². The van der Waals surface area contributed by atoms with Crippen LogP contribution in [-0.4, -0.2) is 4.98 Å². The molecule has 1 aromatic carbocycles. The van der Waals surface area contributed by atoms with Crippen molar-refractivity contribution in [3.8, 4) is 11.5 Å². The van der Waals surface area contributed by atoms with E-state index < -0.39 is 0 Å². The number of hydrogen-bond donors (Lipinski definition) is 0. The molecule has 0 spiro atoms. The normalized spacial score (nSPS) is 12.2. The monoisotopic (exact) mass is 245 g/mol. The molecule has 2 aromatic rings. The van der Waals surface area contributed by atoms with Crippen LogP contribution in [0.3, 0.4) is 0 Å². The van der Waals surface area contributed by atoms with Gasteiger partial charge in [0.25, 0.3) is 0 Å². The summed E-state index contributed by atoms with van der Waals surface area (Å²) >= 11 is 0. The van der Waals surface area contributed by atoms with Crippen molar-refractivity contribution in [2.24, 2.45) is 0 Å². The van der Waals surface area contributed by atoms with Crippen LogP contribution in [0.15, 0.2) is 42.7 Å². The second kappa shape index (κ2) is 5.63. The molecule has 0 N–H and O–H groups in total. The third-order valence-corrected chi connectivity index (χ3v) is 3.00. The second-order valence-electron chi connectivity index (χ2n) is 4.29. The van der Waals surface area contributed by atoms with E-state index in [-0.39, 0.29) is 11.6 Å². The van der Waals surface area contributed by atoms with Crippen molar-refractivity contribution in [2.75, 3.05) is 0 Å². The first-order valence-electron chi connectivity index (χ1n) is 6.08. The highest BCUT2D eigenvalue weighted by molar-refractivity contribution is 5.34. The van der Waals surface area contributed by atoms with Crippen LogP contribution in [0.25, 0.3) is 0 Å². The standard InChI is InChI=1S/C15H16FNO/c1-3-11(2)12-6-7-15(14(16)9-12)18-13-5-4-8-17-10-13/h4-11H,3H2,1-2H3. The van der Waals surface area contributed by atoms with Gasteiger partial charge in [-0.05, 0) is 42.2 Å². The lowest BCUT2D eigenvalue weighted by atomic mass is 9.98. The van der Waals surface area contributed by atoms with Gasteiger partial charge in [-0.1, -0.05) is 19.9 Å². The fourth-order valence-electron chi connectivity index (χ4n) is 1.68. The molecule has 0 saturated carbocycles. The van der Waals surface area contributed by atoms with Crippen LogP contribution in [0, 0.1) is 5.82 Å². The number of hydrogen-bond acceptors (Lipinski definition) is 2. The van der Waals surface area contributed by atoms with Gasteiger partial charge in [0.05, 0.1) is 6.20 Å². The molecule has 0 aliphatic heterocycles. The van der Waals surface area contributed by atoms with Crippen molar-refractivity contribution in [3.63, 3.8) is 0 Å². The topological polar surface area (TPSA) is 22.1 Å². The lowest BCUT2D eigenvalue weighted by Gasteiger charge is -2.11. The van der Waals surface area contributed by atoms with Gasteiger partial charge in [-0.3, -0.25) is 4.98 Å². The lowest BCUT2D eigenvalue weighted by molar-refractivity contribution is 0.439. The van der Waals surface area contributed by atoms with Crippen molar-refractivity contribution in [1.29, 1.82) is 0 Å². The maximum atomic E-state index is 13.9. The largest absolute Gasteiger partial charge is 0.453 e. The summed E-state index contributed by atoms with van der Waals surface area (Å²) in [5.74, 6) is 0.784. The molecule has 1 heterocycles. The molecule has 18 heavy (non-hydrogen) atoms. The minimum atomic E-state index is -0.336. The van der Waals surface area contributed by atoms with Gasteiger partial charge in [0, 0.05) is 6.20 Å². The van der Waals surface area contributed by atoms with Gasteiger partial charge in [0.1, 0.15) is 5.75 Å². The fourth-order valence-corrected chi connectivity index (χ4v) is 1.68. The van der Waals surface area contributed by atoms with Gasteiger partial charge in [0.15, 0.2) is 11.6 Å². The Morgan fingerprint density at radius 3 is 2.78 bits per heavy atom. The zero-order valence-electron chi connectivity index (χ0n) is 10.6. The molecule has 0 fully saturated rings. The zero-order valence-corrected chi connectivity index (χ0v) is 10.6. The summed E-state index contributed by atoms with van der Waals surface area (Å²) in [6.45, 7) is 4.17. The fraction of sp³-hybridized carbons (Fsp3) is 0.267. The first kappa shape index (κ1) is 12.6. The van der Waals surface area contributed by atoms with E-state index in [1.165, 1.54) is 0 Å². The summed E-state index contributed by atoms with van der Waals surface area (Å²) in [4.78, 5) is 3.92. The van der Waals surface area contributed by atoms with E-state index >= 15 is 0 Å². The van der Waals surface area contributed by atoms with E-state index in [0.29, 0.717) is 11.7 Å². The number of rotatable bonds is 4. The van der Waals surface area contributed by atoms with Crippen molar-refractivity contribution < 1.29 is 9.13 Å². The molecule has 3 heteroatoms. The maximum absolute atomic E-state index is 13.9. The highest BCUT2D eigenvalue weighted by atomic mass is 19.1. The Morgan fingerprint density at radius 1 is 1.33 bits per heavy atom. The van der Waals surface area contributed by atoms with Crippen molar-refractivity contribution >= 4 is 0 Å². The van der Waals surface area contributed by atoms with Gasteiger partial charge in [-0.2, -0.15) is 0 Å².